The molecule has 1 aliphatic heterocycles. The molecule has 1 heterocycles. The topological polar surface area (TPSA) is 58.6 Å². The maximum Gasteiger partial charge on any atom is 0.251 e. The zero-order valence-corrected chi connectivity index (χ0v) is 13.6. The van der Waals surface area contributed by atoms with Crippen molar-refractivity contribution in [2.24, 2.45) is 0 Å². The molecule has 0 aromatic heterocycles. The Balaban J connectivity index is 1.53. The van der Waals surface area contributed by atoms with Crippen LogP contribution in [0.1, 0.15) is 22.3 Å². The molecule has 124 valence electrons. The van der Waals surface area contributed by atoms with Gasteiger partial charge in [0.1, 0.15) is 5.75 Å². The van der Waals surface area contributed by atoms with Gasteiger partial charge in [-0.25, -0.2) is 0 Å². The van der Waals surface area contributed by atoms with Gasteiger partial charge in [-0.2, -0.15) is 0 Å². The lowest BCUT2D eigenvalue weighted by Crippen LogP contribution is -2.33. The Labute approximate surface area is 141 Å². The van der Waals surface area contributed by atoms with E-state index in [9.17, 15) is 9.59 Å². The summed E-state index contributed by atoms with van der Waals surface area (Å²) in [6.45, 7) is 1.02. The summed E-state index contributed by atoms with van der Waals surface area (Å²) in [6, 6.07) is 14.9. The third-order valence-electron chi connectivity index (χ3n) is 4.14. The van der Waals surface area contributed by atoms with Crippen LogP contribution in [0.2, 0.25) is 0 Å². The van der Waals surface area contributed by atoms with Crippen LogP contribution in [0, 0.1) is 0 Å². The lowest BCUT2D eigenvalue weighted by Gasteiger charge is -2.17. The van der Waals surface area contributed by atoms with Gasteiger partial charge in [0.15, 0.2) is 0 Å². The van der Waals surface area contributed by atoms with Gasteiger partial charge >= 0.3 is 0 Å². The average Bonchev–Trinajstić information content (AvgIpc) is 3.05. The van der Waals surface area contributed by atoms with Crippen LogP contribution in [0.15, 0.2) is 48.5 Å². The minimum absolute atomic E-state index is 0.0332. The number of benzene rings is 2. The number of nitrogens with zero attached hydrogens (tertiary/aromatic N) is 1. The number of para-hydroxylation sites is 1. The molecule has 0 saturated carbocycles. The first-order chi connectivity index (χ1) is 11.7. The molecule has 2 aromatic rings. The number of hydrogen-bond acceptors (Lipinski definition) is 3. The lowest BCUT2D eigenvalue weighted by molar-refractivity contribution is -0.118. The maximum atomic E-state index is 12.4. The standard InChI is InChI=1S/C19H20N2O3/c1-24-16-7-4-6-15(13-16)19(23)20-11-9-18(22)21-12-10-14-5-2-3-8-17(14)21/h2-8,13H,9-12H2,1H3,(H,20,23). The van der Waals surface area contributed by atoms with Crippen LogP contribution in [0.3, 0.4) is 0 Å². The molecule has 3 rings (SSSR count). The molecule has 0 fully saturated rings. The predicted octanol–water partition coefficient (Wildman–Crippen LogP) is 2.40. The van der Waals surface area contributed by atoms with Gasteiger partial charge in [-0.1, -0.05) is 24.3 Å². The second kappa shape index (κ2) is 7.17. The van der Waals surface area contributed by atoms with Crippen LogP contribution >= 0.6 is 0 Å². The fourth-order valence-corrected chi connectivity index (χ4v) is 2.88. The first-order valence-electron chi connectivity index (χ1n) is 7.99. The molecule has 0 saturated heterocycles. The van der Waals surface area contributed by atoms with Crippen molar-refractivity contribution in [3.8, 4) is 5.75 Å². The fraction of sp³-hybridized carbons (Fsp3) is 0.263. The van der Waals surface area contributed by atoms with Crippen molar-refractivity contribution in [2.45, 2.75) is 12.8 Å². The summed E-state index contributed by atoms with van der Waals surface area (Å²) in [7, 11) is 1.56. The van der Waals surface area contributed by atoms with E-state index in [1.165, 1.54) is 5.56 Å². The highest BCUT2D eigenvalue weighted by molar-refractivity contribution is 5.97. The van der Waals surface area contributed by atoms with Crippen LogP contribution < -0.4 is 15.0 Å². The van der Waals surface area contributed by atoms with Crippen LogP contribution in [0.4, 0.5) is 5.69 Å². The van der Waals surface area contributed by atoms with E-state index in [4.69, 9.17) is 4.74 Å². The van der Waals surface area contributed by atoms with E-state index in [1.807, 2.05) is 24.3 Å². The number of methoxy groups -OCH3 is 1. The zero-order chi connectivity index (χ0) is 16.9. The van der Waals surface area contributed by atoms with Crippen molar-refractivity contribution < 1.29 is 14.3 Å². The molecule has 2 amide bonds. The average molecular weight is 324 g/mol. The minimum Gasteiger partial charge on any atom is -0.497 e. The summed E-state index contributed by atoms with van der Waals surface area (Å²) < 4.78 is 5.11. The van der Waals surface area contributed by atoms with Crippen LogP contribution in [-0.2, 0) is 11.2 Å². The van der Waals surface area contributed by atoms with Crippen molar-refractivity contribution in [2.75, 3.05) is 25.1 Å². The molecule has 5 heteroatoms. The second-order valence-corrected chi connectivity index (χ2v) is 5.66. The molecule has 5 nitrogen and oxygen atoms in total. The van der Waals surface area contributed by atoms with Crippen LogP contribution in [0.25, 0.3) is 0 Å². The quantitative estimate of drug-likeness (QED) is 0.919. The number of carbonyl (C=O) groups is 2. The van der Waals surface area contributed by atoms with E-state index in [2.05, 4.69) is 5.32 Å². The Bertz CT molecular complexity index is 758. The van der Waals surface area contributed by atoms with Crippen molar-refractivity contribution in [1.82, 2.24) is 5.32 Å². The van der Waals surface area contributed by atoms with Crippen molar-refractivity contribution in [3.05, 3.63) is 59.7 Å². The highest BCUT2D eigenvalue weighted by Gasteiger charge is 2.23. The van der Waals surface area contributed by atoms with Crippen LogP contribution in [-0.4, -0.2) is 32.0 Å². The molecule has 0 radical (unpaired) electrons. The Morgan fingerprint density at radius 3 is 2.83 bits per heavy atom. The first-order valence-corrected chi connectivity index (χ1v) is 7.99. The van der Waals surface area contributed by atoms with E-state index >= 15 is 0 Å². The van der Waals surface area contributed by atoms with E-state index in [0.29, 0.717) is 24.4 Å². The van der Waals surface area contributed by atoms with E-state index in [0.717, 1.165) is 12.1 Å². The zero-order valence-electron chi connectivity index (χ0n) is 13.6. The minimum atomic E-state index is -0.205. The predicted molar refractivity (Wildman–Crippen MR) is 92.4 cm³/mol. The first kappa shape index (κ1) is 16.1. The third kappa shape index (κ3) is 3.40. The highest BCUT2D eigenvalue weighted by atomic mass is 16.5. The molecule has 2 aromatic carbocycles. The molecule has 0 unspecified atom stereocenters. The number of amides is 2. The molecule has 0 bridgehead atoms. The maximum absolute atomic E-state index is 12.4. The van der Waals surface area contributed by atoms with Gasteiger partial charge in [0.2, 0.25) is 5.91 Å². The largest absolute Gasteiger partial charge is 0.497 e. The van der Waals surface area contributed by atoms with Crippen LogP contribution in [0.5, 0.6) is 5.75 Å². The summed E-state index contributed by atoms with van der Waals surface area (Å²) in [6.07, 6.45) is 1.17. The molecule has 1 aliphatic rings. The van der Waals surface area contributed by atoms with E-state index in [1.54, 1.807) is 36.3 Å². The van der Waals surface area contributed by atoms with Gasteiger partial charge in [0.05, 0.1) is 7.11 Å². The van der Waals surface area contributed by atoms with Gasteiger partial charge in [0, 0.05) is 30.8 Å². The lowest BCUT2D eigenvalue weighted by atomic mass is 10.2. The molecule has 0 aliphatic carbocycles. The molecule has 24 heavy (non-hydrogen) atoms. The van der Waals surface area contributed by atoms with E-state index in [-0.39, 0.29) is 18.2 Å². The Morgan fingerprint density at radius 2 is 2.00 bits per heavy atom. The van der Waals surface area contributed by atoms with Gasteiger partial charge < -0.3 is 15.0 Å². The summed E-state index contributed by atoms with van der Waals surface area (Å²) in [5.74, 6) is 0.460. The number of nitrogens with one attached hydrogen (secondary N) is 1. The Morgan fingerprint density at radius 1 is 1.17 bits per heavy atom. The number of fused-ring (bicyclic) bond motifs is 1. The monoisotopic (exact) mass is 324 g/mol. The number of carbonyl (C=O) groups excluding carboxylic acids is 2. The van der Waals surface area contributed by atoms with Gasteiger partial charge in [-0.05, 0) is 36.2 Å². The van der Waals surface area contributed by atoms with Crippen molar-refractivity contribution in [1.29, 1.82) is 0 Å². The van der Waals surface area contributed by atoms with Gasteiger partial charge in [-0.3, -0.25) is 9.59 Å². The van der Waals surface area contributed by atoms with E-state index < -0.39 is 0 Å². The summed E-state index contributed by atoms with van der Waals surface area (Å²) in [4.78, 5) is 26.3. The summed E-state index contributed by atoms with van der Waals surface area (Å²) in [5.41, 5.74) is 2.71. The SMILES string of the molecule is COc1cccc(C(=O)NCCC(=O)N2CCc3ccccc32)c1. The molecular formula is C19H20N2O3. The fourth-order valence-electron chi connectivity index (χ4n) is 2.88. The normalized spacial score (nSPS) is 12.6. The number of rotatable bonds is 5. The molecular weight excluding hydrogens is 304 g/mol. The van der Waals surface area contributed by atoms with Gasteiger partial charge in [-0.15, -0.1) is 0 Å². The smallest absolute Gasteiger partial charge is 0.251 e. The molecule has 0 spiro atoms. The number of ether oxygens (including phenoxy) is 1. The highest BCUT2D eigenvalue weighted by Crippen LogP contribution is 2.27. The van der Waals surface area contributed by atoms with Crippen molar-refractivity contribution in [3.63, 3.8) is 0 Å². The Hall–Kier alpha value is -2.82. The molecule has 0 atom stereocenters. The summed E-state index contributed by atoms with van der Waals surface area (Å²) in [5, 5.41) is 2.79. The third-order valence-corrected chi connectivity index (χ3v) is 4.14. The number of anilines is 1. The Kier molecular flexibility index (Phi) is 4.79. The second-order valence-electron chi connectivity index (χ2n) is 5.66. The van der Waals surface area contributed by atoms with Gasteiger partial charge in [0.25, 0.3) is 5.91 Å². The van der Waals surface area contributed by atoms with Crippen molar-refractivity contribution >= 4 is 17.5 Å². The molecule has 1 N–H and O–H groups in total. The summed E-state index contributed by atoms with van der Waals surface area (Å²) >= 11 is 0. The number of hydrogen-bond donors (Lipinski definition) is 1.